The Morgan fingerprint density at radius 3 is 2.33 bits per heavy atom. The molecule has 0 saturated heterocycles. The van der Waals surface area contributed by atoms with Crippen LogP contribution in [0.1, 0.15) is 17.0 Å². The van der Waals surface area contributed by atoms with Crippen molar-refractivity contribution >= 4 is 33.5 Å². The molecule has 0 radical (unpaired) electrons. The SMILES string of the molecule is Cc1oc(-c2ccccc2)nc1CCOc1ccc(CN(CC(=O)O)S(=O)(=O)N(C)c2ccc(Cl)cc2)cc1. The molecule has 3 aromatic carbocycles. The van der Waals surface area contributed by atoms with Crippen LogP contribution in [-0.2, 0) is 28.0 Å². The minimum Gasteiger partial charge on any atom is -0.493 e. The number of oxazole rings is 1. The second kappa shape index (κ2) is 12.3. The van der Waals surface area contributed by atoms with Gasteiger partial charge in [0.05, 0.1) is 18.0 Å². The van der Waals surface area contributed by atoms with Crippen LogP contribution in [0.2, 0.25) is 5.02 Å². The molecule has 0 saturated carbocycles. The molecule has 1 heterocycles. The lowest BCUT2D eigenvalue weighted by Gasteiger charge is -2.27. The quantitative estimate of drug-likeness (QED) is 0.250. The maximum Gasteiger partial charge on any atom is 0.318 e. The molecule has 0 aliphatic carbocycles. The van der Waals surface area contributed by atoms with Crippen molar-refractivity contribution in [3.05, 3.63) is 101 Å². The Labute approximate surface area is 232 Å². The lowest BCUT2D eigenvalue weighted by Crippen LogP contribution is -2.44. The average Bonchev–Trinajstić information content (AvgIpc) is 3.29. The molecule has 0 amide bonds. The van der Waals surface area contributed by atoms with Crippen LogP contribution < -0.4 is 9.04 Å². The van der Waals surface area contributed by atoms with Gasteiger partial charge in [-0.3, -0.25) is 9.10 Å². The van der Waals surface area contributed by atoms with Gasteiger partial charge in [-0.05, 0) is 61.0 Å². The Bertz CT molecular complexity index is 1510. The van der Waals surface area contributed by atoms with E-state index in [2.05, 4.69) is 4.98 Å². The van der Waals surface area contributed by atoms with Crippen molar-refractivity contribution in [3.63, 3.8) is 0 Å². The Morgan fingerprint density at radius 2 is 1.69 bits per heavy atom. The van der Waals surface area contributed by atoms with Gasteiger partial charge in [-0.2, -0.15) is 12.7 Å². The first-order valence-corrected chi connectivity index (χ1v) is 13.9. The largest absolute Gasteiger partial charge is 0.493 e. The highest BCUT2D eigenvalue weighted by Crippen LogP contribution is 2.24. The van der Waals surface area contributed by atoms with E-state index in [1.807, 2.05) is 37.3 Å². The molecule has 4 rings (SSSR count). The zero-order chi connectivity index (χ0) is 28.0. The molecule has 11 heteroatoms. The summed E-state index contributed by atoms with van der Waals surface area (Å²) in [6.45, 7) is 1.41. The smallest absolute Gasteiger partial charge is 0.318 e. The number of aliphatic carboxylic acids is 1. The van der Waals surface area contributed by atoms with E-state index in [0.29, 0.717) is 40.9 Å². The van der Waals surface area contributed by atoms with E-state index in [9.17, 15) is 18.3 Å². The zero-order valence-electron chi connectivity index (χ0n) is 21.5. The minimum absolute atomic E-state index is 0.132. The van der Waals surface area contributed by atoms with Gasteiger partial charge in [0, 0.05) is 30.6 Å². The standard InChI is InChI=1S/C28H28ClN3O6S/c1-20-26(30-28(38-20)22-6-4-3-5-7-22)16-17-37-25-14-8-21(9-15-25)18-32(19-27(33)34)39(35,36)31(2)24-12-10-23(29)11-13-24/h3-15H,16-19H2,1-2H3,(H,33,34). The fourth-order valence-electron chi connectivity index (χ4n) is 3.85. The average molecular weight is 570 g/mol. The van der Waals surface area contributed by atoms with Crippen molar-refractivity contribution in [1.82, 2.24) is 9.29 Å². The van der Waals surface area contributed by atoms with Gasteiger partial charge < -0.3 is 14.3 Å². The predicted octanol–water partition coefficient (Wildman–Crippen LogP) is 5.19. The molecule has 0 fully saturated rings. The Balaban J connectivity index is 1.38. The molecule has 0 bridgehead atoms. The molecule has 204 valence electrons. The zero-order valence-corrected chi connectivity index (χ0v) is 23.0. The van der Waals surface area contributed by atoms with Gasteiger partial charge in [-0.25, -0.2) is 4.98 Å². The van der Waals surface area contributed by atoms with E-state index < -0.39 is 22.7 Å². The minimum atomic E-state index is -4.14. The van der Waals surface area contributed by atoms with Gasteiger partial charge in [-0.15, -0.1) is 0 Å². The van der Waals surface area contributed by atoms with Crippen molar-refractivity contribution in [2.24, 2.45) is 0 Å². The first-order chi connectivity index (χ1) is 18.6. The number of hydrogen-bond acceptors (Lipinski definition) is 6. The van der Waals surface area contributed by atoms with Crippen LogP contribution in [-0.4, -0.2) is 49.0 Å². The summed E-state index contributed by atoms with van der Waals surface area (Å²) >= 11 is 5.90. The molecule has 1 N–H and O–H groups in total. The second-order valence-electron chi connectivity index (χ2n) is 8.74. The number of nitrogens with zero attached hydrogens (tertiary/aromatic N) is 3. The van der Waals surface area contributed by atoms with Crippen molar-refractivity contribution in [3.8, 4) is 17.2 Å². The van der Waals surface area contributed by atoms with Gasteiger partial charge in [-0.1, -0.05) is 41.9 Å². The van der Waals surface area contributed by atoms with Crippen LogP contribution >= 0.6 is 11.6 Å². The number of rotatable bonds is 12. The first kappa shape index (κ1) is 28.2. The number of carboxylic acids is 1. The third-order valence-electron chi connectivity index (χ3n) is 5.98. The predicted molar refractivity (Wildman–Crippen MR) is 149 cm³/mol. The molecule has 0 atom stereocenters. The molecule has 0 aliphatic heterocycles. The summed E-state index contributed by atoms with van der Waals surface area (Å²) in [5.74, 6) is 0.627. The van der Waals surface area contributed by atoms with Crippen LogP contribution in [0, 0.1) is 6.92 Å². The van der Waals surface area contributed by atoms with E-state index in [4.69, 9.17) is 20.8 Å². The molecule has 9 nitrogen and oxygen atoms in total. The van der Waals surface area contributed by atoms with Crippen molar-refractivity contribution in [2.75, 3.05) is 24.5 Å². The van der Waals surface area contributed by atoms with E-state index in [1.165, 1.54) is 7.05 Å². The summed E-state index contributed by atoms with van der Waals surface area (Å²) in [6.07, 6.45) is 0.547. The van der Waals surface area contributed by atoms with E-state index in [1.54, 1.807) is 48.5 Å². The van der Waals surface area contributed by atoms with Gasteiger partial charge >= 0.3 is 16.2 Å². The summed E-state index contributed by atoms with van der Waals surface area (Å²) < 4.78 is 40.0. The number of halogens is 1. The number of aromatic nitrogens is 1. The lowest BCUT2D eigenvalue weighted by atomic mass is 10.2. The maximum absolute atomic E-state index is 13.2. The summed E-state index contributed by atoms with van der Waals surface area (Å²) in [6, 6.07) is 22.7. The van der Waals surface area contributed by atoms with Crippen LogP contribution in [0.25, 0.3) is 11.5 Å². The fraction of sp³-hybridized carbons (Fsp3) is 0.214. The van der Waals surface area contributed by atoms with Gasteiger partial charge in [0.2, 0.25) is 5.89 Å². The number of benzene rings is 3. The second-order valence-corrected chi connectivity index (χ2v) is 11.1. The normalized spacial score (nSPS) is 11.5. The summed E-state index contributed by atoms with van der Waals surface area (Å²) in [5.41, 5.74) is 2.68. The van der Waals surface area contributed by atoms with Crippen LogP contribution in [0.15, 0.2) is 83.3 Å². The Morgan fingerprint density at radius 1 is 1.03 bits per heavy atom. The Kier molecular flexibility index (Phi) is 8.90. The third kappa shape index (κ3) is 7.17. The summed E-state index contributed by atoms with van der Waals surface area (Å²) in [5, 5.41) is 9.82. The van der Waals surface area contributed by atoms with Gasteiger partial charge in [0.25, 0.3) is 0 Å². The molecule has 1 aromatic heterocycles. The summed E-state index contributed by atoms with van der Waals surface area (Å²) in [7, 11) is -2.78. The number of carboxylic acid groups (broad SMARTS) is 1. The lowest BCUT2D eigenvalue weighted by molar-refractivity contribution is -0.137. The van der Waals surface area contributed by atoms with E-state index in [-0.39, 0.29) is 6.54 Å². The van der Waals surface area contributed by atoms with Crippen molar-refractivity contribution in [1.29, 1.82) is 0 Å². The van der Waals surface area contributed by atoms with Crippen molar-refractivity contribution < 1.29 is 27.5 Å². The highest BCUT2D eigenvalue weighted by atomic mass is 35.5. The third-order valence-corrected chi connectivity index (χ3v) is 8.04. The molecule has 4 aromatic rings. The first-order valence-electron chi connectivity index (χ1n) is 12.1. The topological polar surface area (TPSA) is 113 Å². The van der Waals surface area contributed by atoms with Crippen LogP contribution in [0.3, 0.4) is 0 Å². The van der Waals surface area contributed by atoms with Gasteiger partial charge in [0.15, 0.2) is 0 Å². The highest BCUT2D eigenvalue weighted by Gasteiger charge is 2.29. The maximum atomic E-state index is 13.2. The molecule has 0 unspecified atom stereocenters. The molecule has 0 aliphatic rings. The molecular formula is C28H28ClN3O6S. The van der Waals surface area contributed by atoms with E-state index >= 15 is 0 Å². The Hall–Kier alpha value is -3.86. The molecule has 39 heavy (non-hydrogen) atoms. The molecule has 0 spiro atoms. The fourth-order valence-corrected chi connectivity index (χ4v) is 5.30. The monoisotopic (exact) mass is 569 g/mol. The number of carbonyl (C=O) groups is 1. The van der Waals surface area contributed by atoms with E-state index in [0.717, 1.165) is 25.6 Å². The van der Waals surface area contributed by atoms with Crippen LogP contribution in [0.5, 0.6) is 5.75 Å². The highest BCUT2D eigenvalue weighted by molar-refractivity contribution is 7.90. The summed E-state index contributed by atoms with van der Waals surface area (Å²) in [4.78, 5) is 16.0. The number of hydrogen-bond donors (Lipinski definition) is 1. The number of ether oxygens (including phenoxy) is 1. The molecular weight excluding hydrogens is 542 g/mol. The number of aryl methyl sites for hydroxylation is 1. The number of anilines is 1. The van der Waals surface area contributed by atoms with Crippen molar-refractivity contribution in [2.45, 2.75) is 19.9 Å². The van der Waals surface area contributed by atoms with Gasteiger partial charge in [0.1, 0.15) is 18.1 Å². The van der Waals surface area contributed by atoms with Crippen LogP contribution in [0.4, 0.5) is 5.69 Å².